The van der Waals surface area contributed by atoms with Gasteiger partial charge in [0.2, 0.25) is 5.95 Å². The SMILES string of the molecule is Cc1cc(Cl)ccc1Nc1nc(N(C)c2ccccc2)c2c(=O)cccc-2[nH]1. The number of rotatable bonds is 4. The van der Waals surface area contributed by atoms with E-state index in [1.54, 1.807) is 12.1 Å². The molecule has 1 heterocycles. The minimum Gasteiger partial charge on any atom is -0.329 e. The first-order chi connectivity index (χ1) is 13.5. The second-order valence-corrected chi connectivity index (χ2v) is 7.00. The van der Waals surface area contributed by atoms with E-state index in [0.29, 0.717) is 22.4 Å². The van der Waals surface area contributed by atoms with Crippen molar-refractivity contribution in [2.75, 3.05) is 17.3 Å². The molecule has 1 aliphatic carbocycles. The zero-order chi connectivity index (χ0) is 19.7. The van der Waals surface area contributed by atoms with Crippen LogP contribution in [0, 0.1) is 6.92 Å². The molecule has 28 heavy (non-hydrogen) atoms. The van der Waals surface area contributed by atoms with Crippen molar-refractivity contribution in [1.29, 1.82) is 0 Å². The molecular formula is C22H19ClN4O. The molecule has 6 heteroatoms. The van der Waals surface area contributed by atoms with Gasteiger partial charge in [0.25, 0.3) is 0 Å². The predicted octanol–water partition coefficient (Wildman–Crippen LogP) is 5.35. The summed E-state index contributed by atoms with van der Waals surface area (Å²) in [6.07, 6.45) is 0. The Morgan fingerprint density at radius 1 is 1.04 bits per heavy atom. The molecule has 4 rings (SSSR count). The van der Waals surface area contributed by atoms with Gasteiger partial charge in [-0.05, 0) is 55.0 Å². The third-order valence-corrected chi connectivity index (χ3v) is 4.86. The monoisotopic (exact) mass is 390 g/mol. The maximum atomic E-state index is 12.6. The van der Waals surface area contributed by atoms with Gasteiger partial charge in [0.05, 0.1) is 11.3 Å². The number of aryl methyl sites for hydroxylation is 1. The second kappa shape index (κ2) is 7.37. The summed E-state index contributed by atoms with van der Waals surface area (Å²) >= 11 is 6.06. The molecule has 0 saturated carbocycles. The molecule has 2 aromatic rings. The molecule has 1 aliphatic heterocycles. The Balaban J connectivity index is 1.85. The second-order valence-electron chi connectivity index (χ2n) is 6.57. The van der Waals surface area contributed by atoms with Gasteiger partial charge >= 0.3 is 0 Å². The number of nitrogens with zero attached hydrogens (tertiary/aromatic N) is 2. The van der Waals surface area contributed by atoms with Crippen molar-refractivity contribution >= 4 is 34.7 Å². The minimum atomic E-state index is -0.0757. The number of para-hydroxylation sites is 1. The molecule has 140 valence electrons. The van der Waals surface area contributed by atoms with Gasteiger partial charge in [-0.15, -0.1) is 0 Å². The van der Waals surface area contributed by atoms with Crippen LogP contribution in [0.5, 0.6) is 0 Å². The molecule has 0 fully saturated rings. The molecule has 0 bridgehead atoms. The van der Waals surface area contributed by atoms with Crippen LogP contribution in [0.3, 0.4) is 0 Å². The van der Waals surface area contributed by atoms with Crippen LogP contribution >= 0.6 is 11.6 Å². The summed E-state index contributed by atoms with van der Waals surface area (Å²) in [5.74, 6) is 1.13. The van der Waals surface area contributed by atoms with E-state index in [1.165, 1.54) is 0 Å². The minimum absolute atomic E-state index is 0.0757. The highest BCUT2D eigenvalue weighted by atomic mass is 35.5. The lowest BCUT2D eigenvalue weighted by atomic mass is 10.1. The molecule has 0 spiro atoms. The van der Waals surface area contributed by atoms with Gasteiger partial charge in [-0.2, -0.15) is 4.98 Å². The molecule has 2 N–H and O–H groups in total. The van der Waals surface area contributed by atoms with Crippen molar-refractivity contribution in [3.63, 3.8) is 0 Å². The van der Waals surface area contributed by atoms with Gasteiger partial charge in [-0.25, -0.2) is 0 Å². The Labute approximate surface area is 168 Å². The number of H-pyrrole nitrogens is 1. The number of benzene rings is 3. The summed E-state index contributed by atoms with van der Waals surface area (Å²) in [4.78, 5) is 22.4. The van der Waals surface area contributed by atoms with E-state index in [1.807, 2.05) is 73.5 Å². The summed E-state index contributed by atoms with van der Waals surface area (Å²) in [6, 6.07) is 20.6. The highest BCUT2D eigenvalue weighted by Gasteiger charge is 2.19. The smallest absolute Gasteiger partial charge is 0.207 e. The number of hydrogen-bond donors (Lipinski definition) is 2. The molecule has 0 aromatic heterocycles. The number of hydrogen-bond acceptors (Lipinski definition) is 4. The van der Waals surface area contributed by atoms with Crippen LogP contribution in [0.2, 0.25) is 5.02 Å². The normalized spacial score (nSPS) is 10.8. The van der Waals surface area contributed by atoms with Gasteiger partial charge in [-0.3, -0.25) is 4.79 Å². The summed E-state index contributed by atoms with van der Waals surface area (Å²) in [7, 11) is 1.90. The molecular weight excluding hydrogens is 372 g/mol. The van der Waals surface area contributed by atoms with Crippen molar-refractivity contribution < 1.29 is 0 Å². The van der Waals surface area contributed by atoms with E-state index >= 15 is 0 Å². The van der Waals surface area contributed by atoms with Crippen LogP contribution < -0.4 is 15.6 Å². The summed E-state index contributed by atoms with van der Waals surface area (Å²) < 4.78 is 0. The van der Waals surface area contributed by atoms with Gasteiger partial charge in [-0.1, -0.05) is 35.9 Å². The lowest BCUT2D eigenvalue weighted by Gasteiger charge is -2.23. The zero-order valence-corrected chi connectivity index (χ0v) is 16.3. The van der Waals surface area contributed by atoms with Crippen molar-refractivity contribution in [1.82, 2.24) is 9.97 Å². The Morgan fingerprint density at radius 2 is 1.82 bits per heavy atom. The van der Waals surface area contributed by atoms with Crippen LogP contribution in [0.15, 0.2) is 71.5 Å². The molecule has 2 aromatic carbocycles. The third kappa shape index (κ3) is 3.44. The molecule has 0 amide bonds. The number of nitrogens with one attached hydrogen (secondary N) is 2. The van der Waals surface area contributed by atoms with Crippen LogP contribution in [0.25, 0.3) is 11.3 Å². The maximum Gasteiger partial charge on any atom is 0.207 e. The van der Waals surface area contributed by atoms with Crippen molar-refractivity contribution in [3.05, 3.63) is 87.5 Å². The highest BCUT2D eigenvalue weighted by Crippen LogP contribution is 2.32. The van der Waals surface area contributed by atoms with Gasteiger partial charge in [0.1, 0.15) is 5.82 Å². The largest absolute Gasteiger partial charge is 0.329 e. The van der Waals surface area contributed by atoms with Gasteiger partial charge in [0, 0.05) is 23.4 Å². The van der Waals surface area contributed by atoms with Gasteiger partial charge < -0.3 is 15.2 Å². The predicted molar refractivity (Wildman–Crippen MR) is 115 cm³/mol. The van der Waals surface area contributed by atoms with Crippen molar-refractivity contribution in [3.8, 4) is 11.3 Å². The Bertz CT molecular complexity index is 1160. The fourth-order valence-corrected chi connectivity index (χ4v) is 3.38. The lowest BCUT2D eigenvalue weighted by Crippen LogP contribution is -2.19. The summed E-state index contributed by atoms with van der Waals surface area (Å²) in [6.45, 7) is 1.97. The molecule has 0 saturated heterocycles. The quantitative estimate of drug-likeness (QED) is 0.493. The van der Waals surface area contributed by atoms with Gasteiger partial charge in [0.15, 0.2) is 5.43 Å². The average Bonchev–Trinajstić information content (AvgIpc) is 2.70. The van der Waals surface area contributed by atoms with Crippen molar-refractivity contribution in [2.24, 2.45) is 0 Å². The Morgan fingerprint density at radius 3 is 2.57 bits per heavy atom. The highest BCUT2D eigenvalue weighted by molar-refractivity contribution is 6.30. The first-order valence-corrected chi connectivity index (χ1v) is 9.26. The first-order valence-electron chi connectivity index (χ1n) is 8.88. The fourth-order valence-electron chi connectivity index (χ4n) is 3.15. The summed E-state index contributed by atoms with van der Waals surface area (Å²) in [5, 5.41) is 3.98. The number of aromatic nitrogens is 2. The van der Waals surface area contributed by atoms with E-state index in [9.17, 15) is 4.79 Å². The maximum absolute atomic E-state index is 12.6. The van der Waals surface area contributed by atoms with Crippen LogP contribution in [-0.2, 0) is 0 Å². The van der Waals surface area contributed by atoms with E-state index in [0.717, 1.165) is 22.6 Å². The van der Waals surface area contributed by atoms with Crippen LogP contribution in [0.4, 0.5) is 23.1 Å². The van der Waals surface area contributed by atoms with E-state index in [2.05, 4.69) is 10.3 Å². The third-order valence-electron chi connectivity index (χ3n) is 4.62. The Kier molecular flexibility index (Phi) is 4.75. The molecule has 0 radical (unpaired) electrons. The van der Waals surface area contributed by atoms with Crippen LogP contribution in [0.1, 0.15) is 5.56 Å². The molecule has 2 aliphatic rings. The standard InChI is InChI=1S/C22H19ClN4O/c1-14-13-15(23)11-12-17(14)24-22-25-18-9-6-10-19(28)20(18)21(26-22)27(2)16-7-4-3-5-8-16/h3-13H,1-2H3,(H2,24,25,26). The molecule has 0 unspecified atom stereocenters. The van der Waals surface area contributed by atoms with E-state index in [-0.39, 0.29) is 5.43 Å². The fraction of sp³-hybridized carbons (Fsp3) is 0.0909. The lowest BCUT2D eigenvalue weighted by molar-refractivity contribution is 1.08. The average molecular weight is 391 g/mol. The number of aromatic amines is 1. The zero-order valence-electron chi connectivity index (χ0n) is 15.5. The topological polar surface area (TPSA) is 61.0 Å². The first kappa shape index (κ1) is 18.1. The van der Waals surface area contributed by atoms with Crippen molar-refractivity contribution in [2.45, 2.75) is 6.92 Å². The molecule has 5 nitrogen and oxygen atoms in total. The number of halogens is 1. The van der Waals surface area contributed by atoms with E-state index < -0.39 is 0 Å². The Hall–Kier alpha value is -3.31. The number of anilines is 4. The van der Waals surface area contributed by atoms with Crippen LogP contribution in [-0.4, -0.2) is 17.0 Å². The summed E-state index contributed by atoms with van der Waals surface area (Å²) in [5.41, 5.74) is 4.02. The molecule has 0 atom stereocenters. The van der Waals surface area contributed by atoms with E-state index in [4.69, 9.17) is 16.6 Å². The number of fused-ring (bicyclic) bond motifs is 1.